The van der Waals surface area contributed by atoms with Gasteiger partial charge in [-0.15, -0.1) is 0 Å². The zero-order chi connectivity index (χ0) is 17.4. The molecule has 0 saturated carbocycles. The lowest BCUT2D eigenvalue weighted by molar-refractivity contribution is -0.139. The number of halogens is 4. The second kappa shape index (κ2) is 6.37. The van der Waals surface area contributed by atoms with Crippen LogP contribution in [0.5, 0.6) is 0 Å². The highest BCUT2D eigenvalue weighted by Crippen LogP contribution is 2.34. The Balaban J connectivity index is 2.28. The summed E-state index contributed by atoms with van der Waals surface area (Å²) in [5.74, 6) is -1.43. The van der Waals surface area contributed by atoms with E-state index in [0.717, 1.165) is 4.90 Å². The summed E-state index contributed by atoms with van der Waals surface area (Å²) in [6, 6.07) is 2.70. The Bertz CT molecular complexity index is 634. The third-order valence-electron chi connectivity index (χ3n) is 3.42. The summed E-state index contributed by atoms with van der Waals surface area (Å²) in [4.78, 5) is 25.5. The van der Waals surface area contributed by atoms with Gasteiger partial charge in [0.25, 0.3) is 0 Å². The number of amides is 2. The van der Waals surface area contributed by atoms with Crippen LogP contribution < -0.4 is 16.0 Å². The maximum atomic E-state index is 12.3. The lowest BCUT2D eigenvalue weighted by Crippen LogP contribution is -2.53. The topological polar surface area (TPSA) is 75.4 Å². The van der Waals surface area contributed by atoms with E-state index >= 15 is 0 Å². The van der Waals surface area contributed by atoms with Crippen molar-refractivity contribution in [2.75, 3.05) is 11.4 Å². The van der Waals surface area contributed by atoms with Gasteiger partial charge in [-0.1, -0.05) is 11.6 Å². The van der Waals surface area contributed by atoms with Crippen LogP contribution in [0.25, 0.3) is 0 Å². The Hall–Kier alpha value is -1.80. The first-order valence-electron chi connectivity index (χ1n) is 6.81. The van der Waals surface area contributed by atoms with Crippen molar-refractivity contribution < 1.29 is 22.8 Å². The average Bonchev–Trinajstić information content (AvgIpc) is 2.81. The third-order valence-corrected chi connectivity index (χ3v) is 3.65. The molecule has 3 N–H and O–H groups in total. The number of benzene rings is 1. The molecule has 0 bridgehead atoms. The summed E-state index contributed by atoms with van der Waals surface area (Å²) < 4.78 is 36.8. The first-order valence-corrected chi connectivity index (χ1v) is 7.19. The van der Waals surface area contributed by atoms with Crippen molar-refractivity contribution in [3.63, 3.8) is 0 Å². The van der Waals surface area contributed by atoms with E-state index in [-0.39, 0.29) is 6.42 Å². The molecule has 0 aromatic heterocycles. The van der Waals surface area contributed by atoms with Crippen molar-refractivity contribution >= 4 is 29.1 Å². The molecule has 0 spiro atoms. The maximum absolute atomic E-state index is 12.3. The van der Waals surface area contributed by atoms with Crippen LogP contribution in [-0.2, 0) is 16.0 Å². The number of anilines is 1. The highest BCUT2D eigenvalue weighted by atomic mass is 35.5. The summed E-state index contributed by atoms with van der Waals surface area (Å²) in [5.41, 5.74) is 6.62. The number of alkyl halides is 3. The molecule has 1 aromatic rings. The predicted molar refractivity (Wildman–Crippen MR) is 79.1 cm³/mol. The van der Waals surface area contributed by atoms with Crippen LogP contribution in [0, 0.1) is 0 Å². The van der Waals surface area contributed by atoms with Crippen LogP contribution >= 0.6 is 11.6 Å². The van der Waals surface area contributed by atoms with Crippen LogP contribution in [0.2, 0.25) is 5.02 Å². The minimum Gasteiger partial charge on any atom is -0.345 e. The van der Waals surface area contributed by atoms with E-state index in [1.54, 1.807) is 17.4 Å². The van der Waals surface area contributed by atoms with Gasteiger partial charge in [-0.2, -0.15) is 13.2 Å². The number of nitrogens with one attached hydrogen (secondary N) is 1. The smallest absolute Gasteiger partial charge is 0.345 e. The first kappa shape index (κ1) is 17.6. The molecule has 23 heavy (non-hydrogen) atoms. The van der Waals surface area contributed by atoms with Crippen LogP contribution in [0.1, 0.15) is 12.5 Å². The zero-order valence-corrected chi connectivity index (χ0v) is 12.9. The molecule has 0 radical (unpaired) electrons. The molecule has 0 unspecified atom stereocenters. The summed E-state index contributed by atoms with van der Waals surface area (Å²) in [6.07, 6.45) is -4.45. The predicted octanol–water partition coefficient (Wildman–Crippen LogP) is 1.62. The molecule has 5 nitrogen and oxygen atoms in total. The van der Waals surface area contributed by atoms with Crippen molar-refractivity contribution in [1.29, 1.82) is 0 Å². The van der Waals surface area contributed by atoms with Crippen LogP contribution in [0.4, 0.5) is 18.9 Å². The number of rotatable bonds is 3. The van der Waals surface area contributed by atoms with E-state index in [1.165, 1.54) is 13.0 Å². The minimum atomic E-state index is -4.53. The molecule has 126 valence electrons. The van der Waals surface area contributed by atoms with Gasteiger partial charge in [0.2, 0.25) is 11.8 Å². The molecule has 2 atom stereocenters. The summed E-state index contributed by atoms with van der Waals surface area (Å²) in [5, 5.41) is 2.22. The second-order valence-electron chi connectivity index (χ2n) is 5.32. The van der Waals surface area contributed by atoms with E-state index in [2.05, 4.69) is 0 Å². The Morgan fingerprint density at radius 1 is 1.48 bits per heavy atom. The van der Waals surface area contributed by atoms with Gasteiger partial charge in [0, 0.05) is 17.1 Å². The second-order valence-corrected chi connectivity index (χ2v) is 5.76. The van der Waals surface area contributed by atoms with Crippen molar-refractivity contribution in [2.45, 2.75) is 31.6 Å². The molecule has 0 saturated heterocycles. The number of carbonyl (C=O) groups excluding carboxylic acids is 2. The van der Waals surface area contributed by atoms with E-state index in [0.29, 0.717) is 16.3 Å². The number of nitrogens with zero attached hydrogens (tertiary/aromatic N) is 1. The monoisotopic (exact) mass is 349 g/mol. The van der Waals surface area contributed by atoms with Gasteiger partial charge in [-0.25, -0.2) is 0 Å². The molecule has 1 aliphatic rings. The van der Waals surface area contributed by atoms with Crippen molar-refractivity contribution in [3.8, 4) is 0 Å². The summed E-state index contributed by atoms with van der Waals surface area (Å²) in [6.45, 7) is -0.0133. The lowest BCUT2D eigenvalue weighted by atomic mass is 10.1. The van der Waals surface area contributed by atoms with Gasteiger partial charge < -0.3 is 11.1 Å². The molecule has 0 aliphatic carbocycles. The average molecular weight is 350 g/mol. The van der Waals surface area contributed by atoms with Gasteiger partial charge in [-0.05, 0) is 30.7 Å². The zero-order valence-electron chi connectivity index (χ0n) is 12.2. The molecule has 0 fully saturated rings. The fourth-order valence-corrected chi connectivity index (χ4v) is 2.62. The number of nitrogens with two attached hydrogens (primary N) is 1. The Morgan fingerprint density at radius 3 is 2.70 bits per heavy atom. The van der Waals surface area contributed by atoms with Gasteiger partial charge in [0.15, 0.2) is 0 Å². The van der Waals surface area contributed by atoms with E-state index in [9.17, 15) is 22.8 Å². The summed E-state index contributed by atoms with van der Waals surface area (Å²) >= 11 is 5.88. The van der Waals surface area contributed by atoms with E-state index in [1.807, 2.05) is 0 Å². The third kappa shape index (κ3) is 3.94. The summed E-state index contributed by atoms with van der Waals surface area (Å²) in [7, 11) is 0. The molecule has 1 aliphatic heterocycles. The fraction of sp³-hybridized carbons (Fsp3) is 0.429. The number of fused-ring (bicyclic) bond motifs is 1. The number of carbonyl (C=O) groups is 2. The maximum Gasteiger partial charge on any atom is 0.405 e. The molecule has 1 heterocycles. The lowest BCUT2D eigenvalue weighted by Gasteiger charge is -2.26. The normalized spacial score (nSPS) is 18.5. The SMILES string of the molecule is C[C@H](N)C(=O)N1c2ccc(Cl)cc2C[C@@H]1C(=O)NCC(F)(F)F. The standard InChI is InChI=1S/C14H15ClF3N3O2/c1-7(19)13(23)21-10-3-2-9(15)4-8(10)5-11(21)12(22)20-6-14(16,17)18/h2-4,7,11H,5-6,19H2,1H3,(H,20,22)/t7-,11+/m0/s1. The largest absolute Gasteiger partial charge is 0.405 e. The Morgan fingerprint density at radius 2 is 2.13 bits per heavy atom. The highest BCUT2D eigenvalue weighted by molar-refractivity contribution is 6.30. The van der Waals surface area contributed by atoms with E-state index in [4.69, 9.17) is 17.3 Å². The minimum absolute atomic E-state index is 0.0814. The van der Waals surface area contributed by atoms with Gasteiger partial charge in [0.05, 0.1) is 6.04 Å². The van der Waals surface area contributed by atoms with Gasteiger partial charge in [-0.3, -0.25) is 14.5 Å². The Kier molecular flexibility index (Phi) is 4.86. The van der Waals surface area contributed by atoms with Crippen molar-refractivity contribution in [1.82, 2.24) is 5.32 Å². The Labute approximate surface area is 135 Å². The number of hydrogen-bond donors (Lipinski definition) is 2. The molecular weight excluding hydrogens is 335 g/mol. The highest BCUT2D eigenvalue weighted by Gasteiger charge is 2.40. The van der Waals surface area contributed by atoms with Gasteiger partial charge in [0.1, 0.15) is 12.6 Å². The van der Waals surface area contributed by atoms with Crippen molar-refractivity contribution in [3.05, 3.63) is 28.8 Å². The molecular formula is C14H15ClF3N3O2. The molecule has 1 aromatic carbocycles. The quantitative estimate of drug-likeness (QED) is 0.870. The number of hydrogen-bond acceptors (Lipinski definition) is 3. The van der Waals surface area contributed by atoms with Crippen LogP contribution in [0.15, 0.2) is 18.2 Å². The van der Waals surface area contributed by atoms with Crippen LogP contribution in [0.3, 0.4) is 0 Å². The molecule has 2 rings (SSSR count). The van der Waals surface area contributed by atoms with Crippen LogP contribution in [-0.4, -0.2) is 36.6 Å². The fourth-order valence-electron chi connectivity index (χ4n) is 2.43. The molecule has 9 heteroatoms. The molecule has 2 amide bonds. The van der Waals surface area contributed by atoms with Gasteiger partial charge >= 0.3 is 6.18 Å². The van der Waals surface area contributed by atoms with Crippen molar-refractivity contribution in [2.24, 2.45) is 5.73 Å². The first-order chi connectivity index (χ1) is 10.6. The van der Waals surface area contributed by atoms with E-state index < -0.39 is 36.6 Å².